The lowest BCUT2D eigenvalue weighted by Crippen LogP contribution is -2.51. The van der Waals surface area contributed by atoms with E-state index in [0.717, 1.165) is 71.0 Å². The summed E-state index contributed by atoms with van der Waals surface area (Å²) in [6.45, 7) is 8.43. The highest BCUT2D eigenvalue weighted by atomic mass is 19.2. The number of ether oxygens (including phenoxy) is 2. The highest BCUT2D eigenvalue weighted by Gasteiger charge is 2.49. The molecule has 9 rings (SSSR count). The largest absolute Gasteiger partial charge is 0.508 e. The molecule has 1 aliphatic carbocycles. The molecule has 5 aliphatic rings. The molecule has 1 aromatic heterocycles. The van der Waals surface area contributed by atoms with Crippen LogP contribution in [0.4, 0.5) is 19.0 Å². The fourth-order valence-electron chi connectivity index (χ4n) is 8.64. The molecule has 5 fully saturated rings. The third-order valence-corrected chi connectivity index (χ3v) is 11.3. The van der Waals surface area contributed by atoms with Gasteiger partial charge in [-0.2, -0.15) is 9.97 Å². The molecule has 2 unspecified atom stereocenters. The summed E-state index contributed by atoms with van der Waals surface area (Å²) in [6.07, 6.45) is 5.66. The summed E-state index contributed by atoms with van der Waals surface area (Å²) >= 11 is 0. The number of hydrogen-bond acceptors (Lipinski definition) is 8. The molecule has 4 atom stereocenters. The minimum absolute atomic E-state index is 0.00436. The van der Waals surface area contributed by atoms with E-state index in [4.69, 9.17) is 19.4 Å². The molecule has 0 spiro atoms. The summed E-state index contributed by atoms with van der Waals surface area (Å²) in [7, 11) is 0. The number of nitrogens with zero attached hydrogens (tertiary/aromatic N) is 4. The normalized spacial score (nSPS) is 26.0. The minimum Gasteiger partial charge on any atom is -0.508 e. The Hall–Kier alpha value is -3.67. The number of benzene rings is 3. The molecular weight excluding hydrogens is 619 g/mol. The smallest absolute Gasteiger partial charge is 0.319 e. The Kier molecular flexibility index (Phi) is 7.08. The molecule has 2 N–H and O–H groups in total. The van der Waals surface area contributed by atoms with Gasteiger partial charge in [0.05, 0.1) is 19.3 Å². The van der Waals surface area contributed by atoms with Crippen molar-refractivity contribution in [2.45, 2.75) is 76.1 Å². The third-order valence-electron chi connectivity index (χ3n) is 11.3. The molecule has 11 heteroatoms. The number of likely N-dealkylation sites (tertiary alicyclic amines) is 1. The monoisotopic (exact) mass is 659 g/mol. The maximum atomic E-state index is 17.3. The first-order valence-electron chi connectivity index (χ1n) is 17.3. The molecule has 8 nitrogen and oxygen atoms in total. The topological polar surface area (TPSA) is 83.0 Å². The van der Waals surface area contributed by atoms with Crippen LogP contribution >= 0.6 is 0 Å². The summed E-state index contributed by atoms with van der Waals surface area (Å²) in [5.41, 5.74) is 0.822. The maximum absolute atomic E-state index is 17.3. The van der Waals surface area contributed by atoms with Gasteiger partial charge in [-0.15, -0.1) is 0 Å². The Morgan fingerprint density at radius 3 is 2.52 bits per heavy atom. The number of morpholine rings is 1. The fraction of sp³-hybridized carbons (Fsp3) is 0.514. The summed E-state index contributed by atoms with van der Waals surface area (Å²) < 4.78 is 59.6. The van der Waals surface area contributed by atoms with Crippen molar-refractivity contribution in [1.29, 1.82) is 0 Å². The van der Waals surface area contributed by atoms with Crippen molar-refractivity contribution in [1.82, 2.24) is 20.2 Å². The number of phenols is 1. The van der Waals surface area contributed by atoms with Gasteiger partial charge in [0.25, 0.3) is 0 Å². The van der Waals surface area contributed by atoms with E-state index in [1.807, 2.05) is 19.9 Å². The second-order valence-electron chi connectivity index (χ2n) is 15.1. The van der Waals surface area contributed by atoms with Crippen LogP contribution in [0.5, 0.6) is 11.8 Å². The highest BCUT2D eigenvalue weighted by Crippen LogP contribution is 2.49. The molecule has 4 aromatic rings. The zero-order valence-corrected chi connectivity index (χ0v) is 27.2. The molecule has 252 valence electrons. The van der Waals surface area contributed by atoms with Crippen LogP contribution in [0.1, 0.15) is 57.4 Å². The van der Waals surface area contributed by atoms with Gasteiger partial charge in [0.2, 0.25) is 0 Å². The van der Waals surface area contributed by atoms with Gasteiger partial charge in [-0.25, -0.2) is 13.2 Å². The zero-order chi connectivity index (χ0) is 32.9. The van der Waals surface area contributed by atoms with Crippen LogP contribution in [0, 0.1) is 22.9 Å². The molecular formula is C37H40F3N5O3. The van der Waals surface area contributed by atoms with Crippen molar-refractivity contribution in [2.75, 3.05) is 44.3 Å². The lowest BCUT2D eigenvalue weighted by Gasteiger charge is -2.34. The number of phenolic OH excluding ortho intramolecular Hbond substituents is 1. The van der Waals surface area contributed by atoms with Crippen molar-refractivity contribution in [2.24, 2.45) is 5.41 Å². The van der Waals surface area contributed by atoms with E-state index in [-0.39, 0.29) is 50.5 Å². The van der Waals surface area contributed by atoms with Gasteiger partial charge < -0.3 is 24.8 Å². The van der Waals surface area contributed by atoms with E-state index >= 15 is 8.78 Å². The quantitative estimate of drug-likeness (QED) is 0.229. The van der Waals surface area contributed by atoms with E-state index in [1.54, 1.807) is 0 Å². The molecule has 5 heterocycles. The molecule has 0 radical (unpaired) electrons. The van der Waals surface area contributed by atoms with E-state index in [2.05, 4.69) is 15.1 Å². The minimum atomic E-state index is -1.09. The number of rotatable bonds is 8. The average Bonchev–Trinajstić information content (AvgIpc) is 3.32. The second kappa shape index (κ2) is 11.2. The van der Waals surface area contributed by atoms with Crippen molar-refractivity contribution in [3.63, 3.8) is 0 Å². The standard InChI is InChI=1S/C37H40F3N5O3/c1-19(2)26-12-28-34(33(40)31(26)27-11-24(46)9-20-3-6-29(38)32(39)30(20)27)42-36(43-35(28)44-13-21-4-5-22(14-44)41-21)48-18-37(7-8-37)17-45-15-25-10-23(45)16-47-25/h3,6,9,11-12,19,21-23,25,41,46H,4-5,7-8,10,13-18H2,1-2H3/t21?,22?,23-,25-/m1/s1. The summed E-state index contributed by atoms with van der Waals surface area (Å²) in [5, 5.41) is 15.1. The predicted molar refractivity (Wildman–Crippen MR) is 177 cm³/mol. The summed E-state index contributed by atoms with van der Waals surface area (Å²) in [4.78, 5) is 14.4. The number of aromatic hydroxyl groups is 1. The van der Waals surface area contributed by atoms with E-state index in [0.29, 0.717) is 47.6 Å². The molecule has 48 heavy (non-hydrogen) atoms. The number of nitrogens with one attached hydrogen (secondary N) is 1. The van der Waals surface area contributed by atoms with Gasteiger partial charge in [0.1, 0.15) is 17.1 Å². The molecule has 4 bridgehead atoms. The zero-order valence-electron chi connectivity index (χ0n) is 27.2. The summed E-state index contributed by atoms with van der Waals surface area (Å²) in [5.74, 6) is -2.55. The first-order chi connectivity index (χ1) is 23.1. The van der Waals surface area contributed by atoms with E-state index < -0.39 is 17.5 Å². The SMILES string of the molecule is CC(C)c1cc2c(N3CC4CCC(C3)N4)nc(OCC3(CN4C[C@H]5C[C@@H]4CO5)CC3)nc2c(F)c1-c1cc(O)cc2ccc(F)c(F)c12. The Morgan fingerprint density at radius 1 is 1.04 bits per heavy atom. The third kappa shape index (κ3) is 5.08. The van der Waals surface area contributed by atoms with Gasteiger partial charge in [0.15, 0.2) is 17.5 Å². The first kappa shape index (κ1) is 30.4. The average molecular weight is 660 g/mol. The molecule has 4 aliphatic heterocycles. The molecule has 1 saturated carbocycles. The van der Waals surface area contributed by atoms with Crippen LogP contribution in [0.2, 0.25) is 0 Å². The number of aromatic nitrogens is 2. The van der Waals surface area contributed by atoms with Gasteiger partial charge >= 0.3 is 6.01 Å². The van der Waals surface area contributed by atoms with E-state index in [9.17, 15) is 9.50 Å². The van der Waals surface area contributed by atoms with Gasteiger partial charge in [0, 0.05) is 66.1 Å². The van der Waals surface area contributed by atoms with Crippen LogP contribution in [0.15, 0.2) is 30.3 Å². The summed E-state index contributed by atoms with van der Waals surface area (Å²) in [6, 6.07) is 8.17. The fourth-order valence-corrected chi connectivity index (χ4v) is 8.64. The second-order valence-corrected chi connectivity index (χ2v) is 15.1. The Balaban J connectivity index is 1.17. The Morgan fingerprint density at radius 2 is 1.83 bits per heavy atom. The van der Waals surface area contributed by atoms with Crippen LogP contribution in [0.25, 0.3) is 32.8 Å². The van der Waals surface area contributed by atoms with Crippen molar-refractivity contribution in [3.8, 4) is 22.9 Å². The van der Waals surface area contributed by atoms with Crippen LogP contribution in [0.3, 0.4) is 0 Å². The van der Waals surface area contributed by atoms with Gasteiger partial charge in [-0.3, -0.25) is 4.90 Å². The molecule has 4 saturated heterocycles. The van der Waals surface area contributed by atoms with E-state index in [1.165, 1.54) is 18.2 Å². The number of halogens is 3. The number of piperazine rings is 1. The number of anilines is 1. The van der Waals surface area contributed by atoms with Crippen LogP contribution in [-0.4, -0.2) is 83.6 Å². The number of fused-ring (bicyclic) bond motifs is 6. The van der Waals surface area contributed by atoms with Crippen molar-refractivity contribution in [3.05, 3.63) is 53.3 Å². The van der Waals surface area contributed by atoms with Crippen LogP contribution in [-0.2, 0) is 4.74 Å². The van der Waals surface area contributed by atoms with Gasteiger partial charge in [-0.05, 0) is 78.8 Å². The first-order valence-corrected chi connectivity index (χ1v) is 17.3. The van der Waals surface area contributed by atoms with Gasteiger partial charge in [-0.1, -0.05) is 19.9 Å². The Labute approximate surface area is 277 Å². The maximum Gasteiger partial charge on any atom is 0.319 e. The number of hydrogen-bond donors (Lipinski definition) is 2. The lowest BCUT2D eigenvalue weighted by molar-refractivity contribution is 0.0176. The molecule has 3 aromatic carbocycles. The molecule has 0 amide bonds. The van der Waals surface area contributed by atoms with Crippen LogP contribution < -0.4 is 15.0 Å². The van der Waals surface area contributed by atoms with Crippen molar-refractivity contribution >= 4 is 27.5 Å². The lowest BCUT2D eigenvalue weighted by atomic mass is 9.87. The highest BCUT2D eigenvalue weighted by molar-refractivity contribution is 6.03. The van der Waals surface area contributed by atoms with Crippen molar-refractivity contribution < 1.29 is 27.8 Å². The Bertz CT molecular complexity index is 1940. The predicted octanol–water partition coefficient (Wildman–Crippen LogP) is 6.27.